The van der Waals surface area contributed by atoms with Crippen molar-refractivity contribution < 1.29 is 19.2 Å². The first kappa shape index (κ1) is 15.7. The van der Waals surface area contributed by atoms with Gasteiger partial charge in [0.1, 0.15) is 5.56 Å². The molecule has 1 amide bonds. The second-order valence-corrected chi connectivity index (χ2v) is 3.84. The van der Waals surface area contributed by atoms with Gasteiger partial charge in [-0.25, -0.2) is 0 Å². The Kier molecular flexibility index (Phi) is 5.73. The molecule has 8 heteroatoms. The number of methoxy groups -OCH3 is 2. The van der Waals surface area contributed by atoms with Crippen LogP contribution in [0.2, 0.25) is 0 Å². The van der Waals surface area contributed by atoms with Gasteiger partial charge in [0.05, 0.1) is 25.2 Å². The van der Waals surface area contributed by atoms with Crippen LogP contribution >= 0.6 is 0 Å². The van der Waals surface area contributed by atoms with E-state index < -0.39 is 10.8 Å². The lowest BCUT2D eigenvalue weighted by atomic mass is 10.1. The molecule has 0 saturated carbocycles. The van der Waals surface area contributed by atoms with Gasteiger partial charge in [0.2, 0.25) is 0 Å². The molecule has 0 aromatic heterocycles. The largest absolute Gasteiger partial charge is 0.493 e. The van der Waals surface area contributed by atoms with Crippen molar-refractivity contribution in [2.45, 2.75) is 0 Å². The summed E-state index contributed by atoms with van der Waals surface area (Å²) in [6, 6.07) is 2.47. The van der Waals surface area contributed by atoms with Crippen LogP contribution < -0.4 is 20.1 Å². The lowest BCUT2D eigenvalue weighted by Crippen LogP contribution is -2.30. The maximum Gasteiger partial charge on any atom is 0.286 e. The number of nitro groups is 1. The molecule has 8 nitrogen and oxygen atoms in total. The molecule has 0 heterocycles. The van der Waals surface area contributed by atoms with Gasteiger partial charge in [-0.15, -0.1) is 0 Å². The van der Waals surface area contributed by atoms with Crippen molar-refractivity contribution in [2.24, 2.45) is 0 Å². The molecule has 0 radical (unpaired) electrons. The Morgan fingerprint density at radius 2 is 1.85 bits per heavy atom. The average molecular weight is 283 g/mol. The van der Waals surface area contributed by atoms with Crippen LogP contribution in [0.3, 0.4) is 0 Å². The summed E-state index contributed by atoms with van der Waals surface area (Å²) in [6.45, 7) is 0.924. The third-order valence-electron chi connectivity index (χ3n) is 2.60. The second kappa shape index (κ2) is 7.29. The molecule has 0 spiro atoms. The first-order chi connectivity index (χ1) is 9.54. The number of hydrogen-bond acceptors (Lipinski definition) is 6. The van der Waals surface area contributed by atoms with Crippen LogP contribution in [-0.2, 0) is 0 Å². The second-order valence-electron chi connectivity index (χ2n) is 3.84. The molecule has 20 heavy (non-hydrogen) atoms. The van der Waals surface area contributed by atoms with E-state index in [1.165, 1.54) is 26.4 Å². The maximum absolute atomic E-state index is 12.0. The quantitative estimate of drug-likeness (QED) is 0.430. The van der Waals surface area contributed by atoms with Crippen LogP contribution in [0.4, 0.5) is 5.69 Å². The van der Waals surface area contributed by atoms with Gasteiger partial charge in [0, 0.05) is 19.2 Å². The van der Waals surface area contributed by atoms with Gasteiger partial charge in [0.25, 0.3) is 11.6 Å². The van der Waals surface area contributed by atoms with Crippen molar-refractivity contribution in [3.05, 3.63) is 27.8 Å². The molecule has 0 aliphatic carbocycles. The molecule has 2 N–H and O–H groups in total. The average Bonchev–Trinajstić information content (AvgIpc) is 2.45. The molecule has 1 rings (SSSR count). The Morgan fingerprint density at radius 1 is 1.25 bits per heavy atom. The van der Waals surface area contributed by atoms with E-state index in [2.05, 4.69) is 10.6 Å². The summed E-state index contributed by atoms with van der Waals surface area (Å²) < 4.78 is 10.0. The third kappa shape index (κ3) is 3.58. The van der Waals surface area contributed by atoms with Crippen molar-refractivity contribution in [1.29, 1.82) is 0 Å². The molecule has 0 aliphatic rings. The first-order valence-electron chi connectivity index (χ1n) is 5.88. The molecular weight excluding hydrogens is 266 g/mol. The molecule has 1 aromatic carbocycles. The highest BCUT2D eigenvalue weighted by atomic mass is 16.6. The van der Waals surface area contributed by atoms with Crippen LogP contribution in [-0.4, -0.2) is 45.2 Å². The van der Waals surface area contributed by atoms with Crippen LogP contribution in [0.1, 0.15) is 10.4 Å². The zero-order chi connectivity index (χ0) is 15.1. The van der Waals surface area contributed by atoms with E-state index in [0.29, 0.717) is 13.1 Å². The number of rotatable bonds is 7. The molecular formula is C12H17N3O5. The van der Waals surface area contributed by atoms with Crippen molar-refractivity contribution in [1.82, 2.24) is 10.6 Å². The monoisotopic (exact) mass is 283 g/mol. The van der Waals surface area contributed by atoms with E-state index in [4.69, 9.17) is 9.47 Å². The van der Waals surface area contributed by atoms with E-state index >= 15 is 0 Å². The van der Waals surface area contributed by atoms with Crippen LogP contribution in [0.15, 0.2) is 12.1 Å². The predicted molar refractivity (Wildman–Crippen MR) is 72.5 cm³/mol. The summed E-state index contributed by atoms with van der Waals surface area (Å²) in [6.07, 6.45) is 0. The van der Waals surface area contributed by atoms with Crippen LogP contribution in [0.5, 0.6) is 11.5 Å². The molecule has 0 bridgehead atoms. The molecule has 0 saturated heterocycles. The fraction of sp³-hybridized carbons (Fsp3) is 0.417. The lowest BCUT2D eigenvalue weighted by Gasteiger charge is -2.10. The summed E-state index contributed by atoms with van der Waals surface area (Å²) in [7, 11) is 4.51. The number of carbonyl (C=O) groups is 1. The highest BCUT2D eigenvalue weighted by molar-refractivity contribution is 5.99. The van der Waals surface area contributed by atoms with Crippen molar-refractivity contribution in [3.63, 3.8) is 0 Å². The van der Waals surface area contributed by atoms with E-state index in [-0.39, 0.29) is 22.7 Å². The molecule has 110 valence electrons. The number of carbonyl (C=O) groups excluding carboxylic acids is 1. The van der Waals surface area contributed by atoms with Gasteiger partial charge >= 0.3 is 0 Å². The van der Waals surface area contributed by atoms with Gasteiger partial charge in [-0.3, -0.25) is 14.9 Å². The minimum absolute atomic E-state index is 0.0660. The number of nitrogens with one attached hydrogen (secondary N) is 2. The van der Waals surface area contributed by atoms with Crippen molar-refractivity contribution in [2.75, 3.05) is 34.4 Å². The number of amides is 1. The summed E-state index contributed by atoms with van der Waals surface area (Å²) in [4.78, 5) is 22.4. The van der Waals surface area contributed by atoms with Gasteiger partial charge in [-0.05, 0) is 7.05 Å². The number of nitrogens with zero attached hydrogens (tertiary/aromatic N) is 1. The highest BCUT2D eigenvalue weighted by Crippen LogP contribution is 2.34. The molecule has 0 aliphatic heterocycles. The third-order valence-corrected chi connectivity index (χ3v) is 2.60. The molecule has 0 fully saturated rings. The Bertz CT molecular complexity index is 504. The summed E-state index contributed by atoms with van der Waals surface area (Å²) in [5.41, 5.74) is -0.395. The number of benzene rings is 1. The number of hydrogen-bond donors (Lipinski definition) is 2. The molecule has 0 atom stereocenters. The Morgan fingerprint density at radius 3 is 2.35 bits per heavy atom. The first-order valence-corrected chi connectivity index (χ1v) is 5.88. The van der Waals surface area contributed by atoms with Gasteiger partial charge in [-0.2, -0.15) is 0 Å². The predicted octanol–water partition coefficient (Wildman–Crippen LogP) is 0.561. The molecule has 0 unspecified atom stereocenters. The van der Waals surface area contributed by atoms with Crippen molar-refractivity contribution in [3.8, 4) is 11.5 Å². The maximum atomic E-state index is 12.0. The van der Waals surface area contributed by atoms with Crippen LogP contribution in [0, 0.1) is 10.1 Å². The number of likely N-dealkylation sites (N-methyl/N-ethyl adjacent to an activating group) is 1. The lowest BCUT2D eigenvalue weighted by molar-refractivity contribution is -0.385. The standard InChI is InChI=1S/C12H17N3O5/c1-13-4-5-14-12(16)8-6-10(19-2)11(20-3)7-9(8)15(17)18/h6-7,13H,4-5H2,1-3H3,(H,14,16). The topological polar surface area (TPSA) is 103 Å². The number of nitro benzene ring substituents is 1. The fourth-order valence-corrected chi connectivity index (χ4v) is 1.60. The zero-order valence-electron chi connectivity index (χ0n) is 11.6. The highest BCUT2D eigenvalue weighted by Gasteiger charge is 2.24. The SMILES string of the molecule is CNCCNC(=O)c1cc(OC)c(OC)cc1[N+](=O)[O-]. The van der Waals surface area contributed by atoms with Crippen molar-refractivity contribution >= 4 is 11.6 Å². The number of ether oxygens (including phenoxy) is 2. The zero-order valence-corrected chi connectivity index (χ0v) is 11.6. The fourth-order valence-electron chi connectivity index (χ4n) is 1.60. The Balaban J connectivity index is 3.15. The minimum Gasteiger partial charge on any atom is -0.493 e. The molecule has 1 aromatic rings. The normalized spacial score (nSPS) is 9.95. The minimum atomic E-state index is -0.630. The van der Waals surface area contributed by atoms with Gasteiger partial charge < -0.3 is 20.1 Å². The van der Waals surface area contributed by atoms with Crippen LogP contribution in [0.25, 0.3) is 0 Å². The van der Waals surface area contributed by atoms with E-state index in [1.807, 2.05) is 0 Å². The van der Waals surface area contributed by atoms with Gasteiger partial charge in [-0.1, -0.05) is 0 Å². The van der Waals surface area contributed by atoms with E-state index in [0.717, 1.165) is 0 Å². The summed E-state index contributed by atoms with van der Waals surface area (Å²) in [5.74, 6) is -0.0734. The summed E-state index contributed by atoms with van der Waals surface area (Å²) in [5, 5.41) is 16.5. The Hall–Kier alpha value is -2.35. The smallest absolute Gasteiger partial charge is 0.286 e. The Labute approximate surface area is 116 Å². The van der Waals surface area contributed by atoms with Gasteiger partial charge in [0.15, 0.2) is 11.5 Å². The summed E-state index contributed by atoms with van der Waals surface area (Å²) >= 11 is 0. The van der Waals surface area contributed by atoms with E-state index in [1.54, 1.807) is 7.05 Å². The van der Waals surface area contributed by atoms with E-state index in [9.17, 15) is 14.9 Å².